The summed E-state index contributed by atoms with van der Waals surface area (Å²) in [5.41, 5.74) is 0.985. The van der Waals surface area contributed by atoms with Crippen LogP contribution in [0.3, 0.4) is 0 Å². The summed E-state index contributed by atoms with van der Waals surface area (Å²) in [6, 6.07) is 5.61. The molecule has 31 heavy (non-hydrogen) atoms. The van der Waals surface area contributed by atoms with E-state index in [9.17, 15) is 9.18 Å². The lowest BCUT2D eigenvalue weighted by Crippen LogP contribution is -2.27. The largest absolute Gasteiger partial charge is 0.380 e. The number of amides is 1. The second-order valence-electron chi connectivity index (χ2n) is 6.70. The van der Waals surface area contributed by atoms with E-state index >= 15 is 0 Å². The topological polar surface area (TPSA) is 94.0 Å². The molecule has 3 rings (SSSR count). The van der Waals surface area contributed by atoms with Gasteiger partial charge in [-0.15, -0.1) is 0 Å². The molecule has 10 heteroatoms. The Hall–Kier alpha value is -2.72. The molecule has 3 aromatic rings. The van der Waals surface area contributed by atoms with Gasteiger partial charge in [0.1, 0.15) is 11.6 Å². The van der Waals surface area contributed by atoms with Gasteiger partial charge in [-0.2, -0.15) is 5.10 Å². The molecule has 0 bridgehead atoms. The molecule has 1 aromatic carbocycles. The first-order valence-corrected chi connectivity index (χ1v) is 11.3. The minimum atomic E-state index is -0.441. The van der Waals surface area contributed by atoms with Crippen LogP contribution in [0.5, 0.6) is 0 Å². The van der Waals surface area contributed by atoms with Crippen LogP contribution >= 0.6 is 11.8 Å². The van der Waals surface area contributed by atoms with Crippen LogP contribution in [0.25, 0.3) is 11.0 Å². The highest BCUT2D eigenvalue weighted by molar-refractivity contribution is 7.99. The summed E-state index contributed by atoms with van der Waals surface area (Å²) in [6.45, 7) is 6.71. The summed E-state index contributed by atoms with van der Waals surface area (Å²) >= 11 is 1.59. The van der Waals surface area contributed by atoms with Gasteiger partial charge in [-0.3, -0.25) is 4.79 Å². The molecule has 2 heterocycles. The molecule has 0 atom stereocenters. The quantitative estimate of drug-likeness (QED) is 0.250. The normalized spacial score (nSPS) is 11.1. The van der Waals surface area contributed by atoms with Crippen LogP contribution in [-0.4, -0.2) is 57.7 Å². The Kier molecular flexibility index (Phi) is 8.60. The lowest BCUT2D eigenvalue weighted by atomic mass is 10.2. The number of thioether (sulfide) groups is 1. The monoisotopic (exact) mass is 446 g/mol. The zero-order valence-corrected chi connectivity index (χ0v) is 18.5. The SMILES string of the molecule is CCCSc1nc(NCCOCC)c2cnn(CCNC(=O)c3cccc(F)c3)c2n1. The summed E-state index contributed by atoms with van der Waals surface area (Å²) in [4.78, 5) is 21.5. The number of halogens is 1. The molecule has 2 N–H and O–H groups in total. The fraction of sp³-hybridized carbons (Fsp3) is 0.429. The number of ether oxygens (including phenoxy) is 1. The van der Waals surface area contributed by atoms with Gasteiger partial charge in [-0.1, -0.05) is 24.8 Å². The predicted octanol–water partition coefficient (Wildman–Crippen LogP) is 3.35. The molecule has 0 radical (unpaired) electrons. The molecular formula is C21H27FN6O2S. The van der Waals surface area contributed by atoms with Crippen LogP contribution in [0.2, 0.25) is 0 Å². The van der Waals surface area contributed by atoms with Crippen molar-refractivity contribution >= 4 is 34.5 Å². The highest BCUT2D eigenvalue weighted by atomic mass is 32.2. The second kappa shape index (κ2) is 11.6. The predicted molar refractivity (Wildman–Crippen MR) is 120 cm³/mol. The van der Waals surface area contributed by atoms with Gasteiger partial charge in [0.05, 0.1) is 24.7 Å². The highest BCUT2D eigenvalue weighted by Gasteiger charge is 2.14. The number of rotatable bonds is 12. The smallest absolute Gasteiger partial charge is 0.251 e. The third-order valence-electron chi connectivity index (χ3n) is 4.35. The molecule has 0 aliphatic carbocycles. The van der Waals surface area contributed by atoms with Gasteiger partial charge in [-0.25, -0.2) is 19.0 Å². The molecule has 0 spiro atoms. The minimum Gasteiger partial charge on any atom is -0.380 e. The number of anilines is 1. The van der Waals surface area contributed by atoms with Crippen LogP contribution in [0.15, 0.2) is 35.6 Å². The zero-order valence-electron chi connectivity index (χ0n) is 17.7. The molecule has 8 nitrogen and oxygen atoms in total. The highest BCUT2D eigenvalue weighted by Crippen LogP contribution is 2.24. The Morgan fingerprint density at radius 2 is 2.13 bits per heavy atom. The number of carbonyl (C=O) groups excluding carboxylic acids is 1. The summed E-state index contributed by atoms with van der Waals surface area (Å²) < 4.78 is 20.5. The Morgan fingerprint density at radius 1 is 1.26 bits per heavy atom. The van der Waals surface area contributed by atoms with E-state index in [4.69, 9.17) is 4.74 Å². The maximum Gasteiger partial charge on any atom is 0.251 e. The number of fused-ring (bicyclic) bond motifs is 1. The molecule has 0 aliphatic rings. The lowest BCUT2D eigenvalue weighted by Gasteiger charge is -2.10. The second-order valence-corrected chi connectivity index (χ2v) is 7.76. The number of nitrogens with zero attached hydrogens (tertiary/aromatic N) is 4. The van der Waals surface area contributed by atoms with Crippen LogP contribution < -0.4 is 10.6 Å². The van der Waals surface area contributed by atoms with E-state index < -0.39 is 5.82 Å². The van der Waals surface area contributed by atoms with Crippen molar-refractivity contribution < 1.29 is 13.9 Å². The molecule has 1 amide bonds. The Bertz CT molecular complexity index is 1010. The summed E-state index contributed by atoms with van der Waals surface area (Å²) in [5, 5.41) is 12.0. The van der Waals surface area contributed by atoms with Crippen molar-refractivity contribution in [3.8, 4) is 0 Å². The number of hydrogen-bond acceptors (Lipinski definition) is 7. The van der Waals surface area contributed by atoms with Crippen LogP contribution in [-0.2, 0) is 11.3 Å². The Morgan fingerprint density at radius 3 is 2.90 bits per heavy atom. The molecule has 0 fully saturated rings. The van der Waals surface area contributed by atoms with Gasteiger partial charge < -0.3 is 15.4 Å². The third kappa shape index (κ3) is 6.38. The van der Waals surface area contributed by atoms with E-state index in [0.717, 1.165) is 23.4 Å². The van der Waals surface area contributed by atoms with Crippen molar-refractivity contribution in [2.24, 2.45) is 0 Å². The average molecular weight is 447 g/mol. The number of carbonyl (C=O) groups is 1. The van der Waals surface area contributed by atoms with Crippen molar-refractivity contribution in [2.45, 2.75) is 32.0 Å². The standard InChI is InChI=1S/C21H27FN6O2S/c1-3-12-31-21-26-18(23-9-11-30-4-2)17-14-25-28(19(17)27-21)10-8-24-20(29)15-6-5-7-16(22)13-15/h5-7,13-14H,3-4,8-12H2,1-2H3,(H,24,29)(H,23,26,27). The van der Waals surface area contributed by atoms with Crippen molar-refractivity contribution in [3.05, 3.63) is 41.8 Å². The Labute approximate surface area is 185 Å². The lowest BCUT2D eigenvalue weighted by molar-refractivity contribution is 0.0951. The zero-order chi connectivity index (χ0) is 22.1. The first-order valence-electron chi connectivity index (χ1n) is 10.3. The van der Waals surface area contributed by atoms with Gasteiger partial charge in [0.25, 0.3) is 5.91 Å². The maximum atomic E-state index is 13.3. The average Bonchev–Trinajstić information content (AvgIpc) is 3.18. The minimum absolute atomic E-state index is 0.284. The number of hydrogen-bond donors (Lipinski definition) is 2. The van der Waals surface area contributed by atoms with Crippen molar-refractivity contribution in [1.29, 1.82) is 0 Å². The number of nitrogens with one attached hydrogen (secondary N) is 2. The summed E-state index contributed by atoms with van der Waals surface area (Å²) in [7, 11) is 0. The fourth-order valence-corrected chi connectivity index (χ4v) is 3.58. The molecule has 166 valence electrons. The van der Waals surface area contributed by atoms with E-state index in [0.29, 0.717) is 43.7 Å². The van der Waals surface area contributed by atoms with Crippen LogP contribution in [0.1, 0.15) is 30.6 Å². The number of aromatic nitrogens is 4. The first-order chi connectivity index (χ1) is 15.1. The maximum absolute atomic E-state index is 13.3. The molecular weight excluding hydrogens is 419 g/mol. The summed E-state index contributed by atoms with van der Waals surface area (Å²) in [6.07, 6.45) is 2.74. The molecule has 0 saturated heterocycles. The molecule has 2 aromatic heterocycles. The fourth-order valence-electron chi connectivity index (χ4n) is 2.88. The molecule has 0 unspecified atom stereocenters. The van der Waals surface area contributed by atoms with Gasteiger partial charge in [0, 0.05) is 31.0 Å². The van der Waals surface area contributed by atoms with E-state index in [1.165, 1.54) is 18.2 Å². The number of benzene rings is 1. The van der Waals surface area contributed by atoms with Gasteiger partial charge in [-0.05, 0) is 31.5 Å². The first kappa shape index (κ1) is 23.0. The molecule has 0 saturated carbocycles. The summed E-state index contributed by atoms with van der Waals surface area (Å²) in [5.74, 6) is 0.868. The van der Waals surface area contributed by atoms with E-state index in [-0.39, 0.29) is 11.5 Å². The van der Waals surface area contributed by atoms with Crippen molar-refractivity contribution in [2.75, 3.05) is 37.4 Å². The van der Waals surface area contributed by atoms with E-state index in [1.54, 1.807) is 28.7 Å². The van der Waals surface area contributed by atoms with Crippen LogP contribution in [0, 0.1) is 5.82 Å². The molecule has 0 aliphatic heterocycles. The third-order valence-corrected chi connectivity index (χ3v) is 5.40. The van der Waals surface area contributed by atoms with Gasteiger partial charge in [0.15, 0.2) is 10.8 Å². The van der Waals surface area contributed by atoms with Gasteiger partial charge in [0.2, 0.25) is 0 Å². The van der Waals surface area contributed by atoms with E-state index in [1.807, 2.05) is 6.92 Å². The van der Waals surface area contributed by atoms with E-state index in [2.05, 4.69) is 32.6 Å². The van der Waals surface area contributed by atoms with Gasteiger partial charge >= 0.3 is 0 Å². The van der Waals surface area contributed by atoms with Crippen LogP contribution in [0.4, 0.5) is 10.2 Å². The van der Waals surface area contributed by atoms with Crippen molar-refractivity contribution in [1.82, 2.24) is 25.1 Å². The Balaban J connectivity index is 1.71. The van der Waals surface area contributed by atoms with Crippen molar-refractivity contribution in [3.63, 3.8) is 0 Å².